The molecule has 1 aliphatic heterocycles. The summed E-state index contributed by atoms with van der Waals surface area (Å²) in [5.74, 6) is 2.61. The van der Waals surface area contributed by atoms with Gasteiger partial charge in [0.15, 0.2) is 0 Å². The highest BCUT2D eigenvalue weighted by Crippen LogP contribution is 2.86. The molecule has 1 spiro atoms. The molecule has 2 bridgehead atoms. The van der Waals surface area contributed by atoms with Gasteiger partial charge in [0, 0.05) is 24.8 Å². The summed E-state index contributed by atoms with van der Waals surface area (Å²) < 4.78 is 28.1. The number of nitrogens with zero attached hydrogens (tertiary/aromatic N) is 1. The zero-order valence-electron chi connectivity index (χ0n) is 17.3. The van der Waals surface area contributed by atoms with Crippen LogP contribution in [0.1, 0.15) is 51.4 Å². The highest BCUT2D eigenvalue weighted by atomic mass is 32.2. The molecule has 7 heteroatoms. The topological polar surface area (TPSA) is 92.5 Å². The van der Waals surface area contributed by atoms with Crippen LogP contribution in [0, 0.1) is 28.6 Å². The maximum atomic E-state index is 13.3. The van der Waals surface area contributed by atoms with E-state index in [1.165, 1.54) is 19.3 Å². The first kappa shape index (κ1) is 19.1. The van der Waals surface area contributed by atoms with E-state index in [1.54, 1.807) is 28.6 Å². The van der Waals surface area contributed by atoms with Gasteiger partial charge in [-0.05, 0) is 92.4 Å². The molecule has 1 aromatic carbocycles. The molecule has 0 radical (unpaired) electrons. The van der Waals surface area contributed by atoms with E-state index in [1.807, 2.05) is 0 Å². The molecule has 5 aliphatic rings. The maximum Gasteiger partial charge on any atom is 0.243 e. The monoisotopic (exact) mass is 429 g/mol. The number of nitrogens with one attached hydrogen (secondary N) is 1. The summed E-state index contributed by atoms with van der Waals surface area (Å²) >= 11 is 0. The van der Waals surface area contributed by atoms with E-state index in [4.69, 9.17) is 5.73 Å². The normalized spacial score (nSPS) is 41.6. The Kier molecular flexibility index (Phi) is 3.96. The fourth-order valence-corrected chi connectivity index (χ4v) is 9.92. The molecular formula is C23H31N3O3S. The average Bonchev–Trinajstić information content (AvgIpc) is 3.24. The Morgan fingerprint density at radius 3 is 2.47 bits per heavy atom. The van der Waals surface area contributed by atoms with Gasteiger partial charge in [0.05, 0.1) is 10.3 Å². The molecule has 4 saturated carbocycles. The van der Waals surface area contributed by atoms with Crippen LogP contribution in [0.5, 0.6) is 0 Å². The fraction of sp³-hybridized carbons (Fsp3) is 0.696. The lowest BCUT2D eigenvalue weighted by Gasteiger charge is -2.73. The van der Waals surface area contributed by atoms with Crippen molar-refractivity contribution in [3.8, 4) is 0 Å². The van der Waals surface area contributed by atoms with Crippen molar-refractivity contribution >= 4 is 21.6 Å². The Bertz CT molecular complexity index is 973. The predicted molar refractivity (Wildman–Crippen MR) is 114 cm³/mol. The van der Waals surface area contributed by atoms with Crippen LogP contribution in [0.15, 0.2) is 29.2 Å². The molecule has 1 amide bonds. The molecule has 1 heterocycles. The second-order valence-electron chi connectivity index (χ2n) is 10.5. The highest BCUT2D eigenvalue weighted by molar-refractivity contribution is 7.89. The minimum absolute atomic E-state index is 0.136. The molecule has 3 N–H and O–H groups in total. The Balaban J connectivity index is 1.17. The molecule has 4 aliphatic carbocycles. The number of hydrogen-bond acceptors (Lipinski definition) is 4. The van der Waals surface area contributed by atoms with Crippen molar-refractivity contribution in [2.75, 3.05) is 18.8 Å². The molecule has 1 aromatic rings. The number of hydrogen-bond donors (Lipinski definition) is 2. The number of benzene rings is 1. The third kappa shape index (κ3) is 2.28. The van der Waals surface area contributed by atoms with Gasteiger partial charge in [-0.1, -0.05) is 6.42 Å². The summed E-state index contributed by atoms with van der Waals surface area (Å²) in [6, 6.07) is 6.23. The van der Waals surface area contributed by atoms with E-state index in [2.05, 4.69) is 5.32 Å². The number of piperidine rings is 1. The summed E-state index contributed by atoms with van der Waals surface area (Å²) in [7, 11) is -3.59. The van der Waals surface area contributed by atoms with Crippen molar-refractivity contribution in [2.45, 2.75) is 62.3 Å². The summed E-state index contributed by atoms with van der Waals surface area (Å²) in [5.41, 5.74) is 6.45. The van der Waals surface area contributed by atoms with Gasteiger partial charge < -0.3 is 11.1 Å². The van der Waals surface area contributed by atoms with Gasteiger partial charge in [-0.3, -0.25) is 4.79 Å². The molecule has 5 fully saturated rings. The lowest BCUT2D eigenvalue weighted by Crippen LogP contribution is -2.73. The van der Waals surface area contributed by atoms with Crippen molar-refractivity contribution in [1.29, 1.82) is 0 Å². The average molecular weight is 430 g/mol. The molecule has 6 rings (SSSR count). The smallest absolute Gasteiger partial charge is 0.243 e. The van der Waals surface area contributed by atoms with E-state index in [0.29, 0.717) is 24.2 Å². The van der Waals surface area contributed by atoms with Crippen LogP contribution in [0.25, 0.3) is 0 Å². The maximum absolute atomic E-state index is 13.3. The molecular weight excluding hydrogens is 398 g/mol. The van der Waals surface area contributed by atoms with Crippen molar-refractivity contribution in [3.63, 3.8) is 0 Å². The van der Waals surface area contributed by atoms with Crippen LogP contribution in [0.4, 0.5) is 5.69 Å². The minimum Gasteiger partial charge on any atom is -0.399 e. The van der Waals surface area contributed by atoms with Gasteiger partial charge in [-0.2, -0.15) is 4.31 Å². The molecule has 6 nitrogen and oxygen atoms in total. The van der Waals surface area contributed by atoms with Crippen LogP contribution in [0.2, 0.25) is 0 Å². The second-order valence-corrected chi connectivity index (χ2v) is 12.4. The van der Waals surface area contributed by atoms with Crippen LogP contribution in [0.3, 0.4) is 0 Å². The fourth-order valence-electron chi connectivity index (χ4n) is 8.23. The standard InChI is InChI=1S/C23H31N3O3S/c24-18-4-6-20(7-5-18)30(28,29)26-8-2-1-3-19(26)14-25-21(27)22-12-16-9-15-10-17(13-22)23(16,22)11-15/h4-7,15-17,19H,1-3,8-14,24H2,(H,25,27)/t15?,16-,17+,19?,22?,23?. The number of fused-ring (bicyclic) bond motifs is 1. The second kappa shape index (κ2) is 6.22. The number of amides is 1. The molecule has 1 saturated heterocycles. The van der Waals surface area contributed by atoms with Crippen molar-refractivity contribution < 1.29 is 13.2 Å². The molecule has 4 unspecified atom stereocenters. The van der Waals surface area contributed by atoms with Gasteiger partial charge in [0.1, 0.15) is 0 Å². The van der Waals surface area contributed by atoms with Gasteiger partial charge in [-0.25, -0.2) is 8.42 Å². The number of anilines is 1. The first-order valence-corrected chi connectivity index (χ1v) is 13.0. The largest absolute Gasteiger partial charge is 0.399 e. The third-order valence-electron chi connectivity index (χ3n) is 9.39. The number of carbonyl (C=O) groups is 1. The lowest BCUT2D eigenvalue weighted by atomic mass is 9.30. The van der Waals surface area contributed by atoms with E-state index in [9.17, 15) is 13.2 Å². The number of carbonyl (C=O) groups excluding carboxylic acids is 1. The van der Waals surface area contributed by atoms with E-state index in [0.717, 1.165) is 49.9 Å². The van der Waals surface area contributed by atoms with Gasteiger partial charge in [0.2, 0.25) is 15.9 Å². The van der Waals surface area contributed by atoms with Crippen LogP contribution >= 0.6 is 0 Å². The molecule has 162 valence electrons. The summed E-state index contributed by atoms with van der Waals surface area (Å²) in [4.78, 5) is 13.6. The van der Waals surface area contributed by atoms with E-state index < -0.39 is 10.0 Å². The third-order valence-corrected chi connectivity index (χ3v) is 11.4. The summed E-state index contributed by atoms with van der Waals surface area (Å²) in [6.07, 6.45) is 8.69. The first-order chi connectivity index (χ1) is 14.4. The van der Waals surface area contributed by atoms with Crippen LogP contribution in [-0.2, 0) is 14.8 Å². The summed E-state index contributed by atoms with van der Waals surface area (Å²) in [5, 5.41) is 3.22. The minimum atomic E-state index is -3.59. The number of nitrogen functional groups attached to an aromatic ring is 1. The van der Waals surface area contributed by atoms with E-state index in [-0.39, 0.29) is 22.3 Å². The van der Waals surface area contributed by atoms with Gasteiger partial charge in [-0.15, -0.1) is 0 Å². The Labute approximate surface area is 178 Å². The summed E-state index contributed by atoms with van der Waals surface area (Å²) in [6.45, 7) is 0.928. The molecule has 6 atom stereocenters. The first-order valence-electron chi connectivity index (χ1n) is 11.5. The van der Waals surface area contributed by atoms with Crippen LogP contribution in [-0.4, -0.2) is 37.8 Å². The highest BCUT2D eigenvalue weighted by Gasteiger charge is 2.83. The zero-order valence-corrected chi connectivity index (χ0v) is 18.2. The predicted octanol–water partition coefficient (Wildman–Crippen LogP) is 2.75. The number of rotatable bonds is 5. The number of sulfonamides is 1. The zero-order chi connectivity index (χ0) is 20.7. The van der Waals surface area contributed by atoms with Gasteiger partial charge >= 0.3 is 0 Å². The Hall–Kier alpha value is -1.60. The SMILES string of the molecule is Nc1ccc(S(=O)(=O)N2CCCCC2CNC(=O)C23C[C@H]4CC5C[C@@H](C2)C43C5)cc1. The van der Waals surface area contributed by atoms with Crippen LogP contribution < -0.4 is 11.1 Å². The molecule has 0 aromatic heterocycles. The Morgan fingerprint density at radius 1 is 1.10 bits per heavy atom. The quantitative estimate of drug-likeness (QED) is 0.704. The van der Waals surface area contributed by atoms with Gasteiger partial charge in [0.25, 0.3) is 0 Å². The lowest BCUT2D eigenvalue weighted by molar-refractivity contribution is -0.249. The van der Waals surface area contributed by atoms with Crippen molar-refractivity contribution in [2.24, 2.45) is 28.6 Å². The number of nitrogens with two attached hydrogens (primary N) is 1. The van der Waals surface area contributed by atoms with E-state index >= 15 is 0 Å². The Morgan fingerprint density at radius 2 is 1.80 bits per heavy atom. The van der Waals surface area contributed by atoms with Crippen molar-refractivity contribution in [3.05, 3.63) is 24.3 Å². The molecule has 30 heavy (non-hydrogen) atoms. The van der Waals surface area contributed by atoms with Crippen molar-refractivity contribution in [1.82, 2.24) is 9.62 Å².